The number of hydrogen-bond acceptors (Lipinski definition) is 7. The lowest BCUT2D eigenvalue weighted by atomic mass is 10.0. The number of carboxylic acid groups (broad SMARTS) is 2. The van der Waals surface area contributed by atoms with Crippen molar-refractivity contribution < 1.29 is 38.9 Å². The van der Waals surface area contributed by atoms with Gasteiger partial charge in [-0.1, -0.05) is 60.7 Å². The highest BCUT2D eigenvalue weighted by atomic mass is 16.6. The molecule has 2 fully saturated rings. The molecule has 0 radical (unpaired) electrons. The molecule has 2 aliphatic heterocycles. The van der Waals surface area contributed by atoms with Gasteiger partial charge in [0.2, 0.25) is 0 Å². The van der Waals surface area contributed by atoms with E-state index in [0.717, 1.165) is 44.0 Å². The molecule has 10 nitrogen and oxygen atoms in total. The summed E-state index contributed by atoms with van der Waals surface area (Å²) in [7, 11) is 0. The van der Waals surface area contributed by atoms with Crippen LogP contribution >= 0.6 is 0 Å². The van der Waals surface area contributed by atoms with Gasteiger partial charge < -0.3 is 19.7 Å². The zero-order valence-electron chi connectivity index (χ0n) is 20.3. The van der Waals surface area contributed by atoms with Gasteiger partial charge in [-0.15, -0.1) is 0 Å². The lowest BCUT2D eigenvalue weighted by molar-refractivity contribution is -0.134. The molecule has 196 valence electrons. The molecule has 2 saturated heterocycles. The van der Waals surface area contributed by atoms with Crippen LogP contribution < -0.4 is 0 Å². The number of carbonyl (C=O) groups excluding carboxylic acids is 2. The van der Waals surface area contributed by atoms with E-state index in [1.165, 1.54) is 4.90 Å². The number of carbonyl (C=O) groups is 4. The standard InChI is InChI=1S/C23H26N2O4.C4H4O4/c26-22-21(17-18-7-3-1-4-8-18)29-23(27)25(22)20(19-9-5-2-6-10-19)11-12-24-13-15-28-16-14-24;5-3(6)1-2-4(7)8/h1-10,20-21H,11-17H2;1-2H,(H,5,6)(H,7,8)/b;2-1+. The van der Waals surface area contributed by atoms with Gasteiger partial charge in [-0.3, -0.25) is 9.69 Å². The van der Waals surface area contributed by atoms with E-state index >= 15 is 0 Å². The van der Waals surface area contributed by atoms with E-state index in [-0.39, 0.29) is 11.9 Å². The highest BCUT2D eigenvalue weighted by molar-refractivity contribution is 6.00. The number of morpholine rings is 1. The number of aliphatic carboxylic acids is 2. The maximum absolute atomic E-state index is 13.1. The molecule has 2 N–H and O–H groups in total. The van der Waals surface area contributed by atoms with Gasteiger partial charge in [0.25, 0.3) is 5.91 Å². The van der Waals surface area contributed by atoms with E-state index in [2.05, 4.69) is 4.90 Å². The Kier molecular flexibility index (Phi) is 10.4. The number of nitrogens with zero attached hydrogens (tertiary/aromatic N) is 2. The summed E-state index contributed by atoms with van der Waals surface area (Å²) in [5.41, 5.74) is 1.93. The molecule has 0 spiro atoms. The van der Waals surface area contributed by atoms with Gasteiger partial charge >= 0.3 is 18.0 Å². The molecule has 2 aliphatic rings. The van der Waals surface area contributed by atoms with E-state index in [4.69, 9.17) is 19.7 Å². The first kappa shape index (κ1) is 27.6. The maximum atomic E-state index is 13.1. The van der Waals surface area contributed by atoms with Gasteiger partial charge in [0.1, 0.15) is 0 Å². The van der Waals surface area contributed by atoms with E-state index in [9.17, 15) is 19.2 Å². The van der Waals surface area contributed by atoms with Gasteiger partial charge in [-0.2, -0.15) is 0 Å². The highest BCUT2D eigenvalue weighted by Gasteiger charge is 2.44. The second kappa shape index (κ2) is 13.9. The number of ether oxygens (including phenoxy) is 2. The Hall–Kier alpha value is -4.02. The first-order valence-electron chi connectivity index (χ1n) is 11.9. The van der Waals surface area contributed by atoms with Crippen LogP contribution in [0.15, 0.2) is 72.8 Å². The van der Waals surface area contributed by atoms with Crippen molar-refractivity contribution in [2.24, 2.45) is 0 Å². The Morgan fingerprint density at radius 3 is 2.05 bits per heavy atom. The number of imide groups is 1. The molecule has 2 amide bonds. The molecule has 37 heavy (non-hydrogen) atoms. The molecule has 2 aromatic rings. The molecule has 0 aromatic heterocycles. The van der Waals surface area contributed by atoms with Crippen molar-refractivity contribution >= 4 is 23.9 Å². The van der Waals surface area contributed by atoms with E-state index < -0.39 is 24.1 Å². The van der Waals surface area contributed by atoms with Gasteiger partial charge in [-0.25, -0.2) is 19.3 Å². The Morgan fingerprint density at radius 2 is 1.49 bits per heavy atom. The molecule has 2 aromatic carbocycles. The number of hydrogen-bond donors (Lipinski definition) is 2. The second-order valence-electron chi connectivity index (χ2n) is 8.45. The SMILES string of the molecule is O=C(O)/C=C/C(=O)O.O=C1OC(Cc2ccccc2)C(=O)N1C(CCN1CCOCC1)c1ccccc1. The fourth-order valence-corrected chi connectivity index (χ4v) is 4.10. The molecule has 4 rings (SSSR count). The zero-order valence-corrected chi connectivity index (χ0v) is 20.3. The number of rotatable bonds is 9. The number of carboxylic acids is 2. The smallest absolute Gasteiger partial charge is 0.418 e. The van der Waals surface area contributed by atoms with Gasteiger partial charge in [0, 0.05) is 38.2 Å². The predicted molar refractivity (Wildman–Crippen MR) is 133 cm³/mol. The predicted octanol–water partition coefficient (Wildman–Crippen LogP) is 2.75. The molecule has 2 heterocycles. The fraction of sp³-hybridized carbons (Fsp3) is 0.333. The average molecular weight is 511 g/mol. The third-order valence-corrected chi connectivity index (χ3v) is 5.90. The third kappa shape index (κ3) is 8.55. The van der Waals surface area contributed by atoms with Crippen LogP contribution in [-0.2, 0) is 30.3 Å². The van der Waals surface area contributed by atoms with E-state index in [1.54, 1.807) is 0 Å². The van der Waals surface area contributed by atoms with Crippen molar-refractivity contribution in [3.63, 3.8) is 0 Å². The van der Waals surface area contributed by atoms with E-state index in [1.807, 2.05) is 60.7 Å². The minimum atomic E-state index is -1.26. The molecule has 10 heteroatoms. The minimum Gasteiger partial charge on any atom is -0.478 e. The lowest BCUT2D eigenvalue weighted by Gasteiger charge is -2.30. The van der Waals surface area contributed by atoms with Crippen LogP contribution in [0, 0.1) is 0 Å². The zero-order chi connectivity index (χ0) is 26.6. The van der Waals surface area contributed by atoms with Crippen molar-refractivity contribution in [1.29, 1.82) is 0 Å². The van der Waals surface area contributed by atoms with E-state index in [0.29, 0.717) is 25.0 Å². The van der Waals surface area contributed by atoms with Gasteiger partial charge in [-0.05, 0) is 17.5 Å². The summed E-state index contributed by atoms with van der Waals surface area (Å²) in [5.74, 6) is -2.77. The molecule has 2 atom stereocenters. The van der Waals surface area contributed by atoms with Crippen LogP contribution in [-0.4, -0.2) is 82.9 Å². The maximum Gasteiger partial charge on any atom is 0.418 e. The van der Waals surface area contributed by atoms with Crippen molar-refractivity contribution in [1.82, 2.24) is 9.80 Å². The minimum absolute atomic E-state index is 0.255. The molecular formula is C27H30N2O8. The summed E-state index contributed by atoms with van der Waals surface area (Å²) >= 11 is 0. The normalized spacial score (nSPS) is 18.7. The molecule has 2 unspecified atom stereocenters. The van der Waals surface area contributed by atoms with Crippen LogP contribution in [0.3, 0.4) is 0 Å². The summed E-state index contributed by atoms with van der Waals surface area (Å²) in [6.07, 6.45) is 0.867. The molecule has 0 aliphatic carbocycles. The Bertz CT molecular complexity index is 1070. The van der Waals surface area contributed by atoms with Crippen molar-refractivity contribution in [2.45, 2.75) is 25.0 Å². The van der Waals surface area contributed by atoms with Crippen molar-refractivity contribution in [3.05, 3.63) is 83.9 Å². The lowest BCUT2D eigenvalue weighted by Crippen LogP contribution is -2.40. The Balaban J connectivity index is 0.000000414. The number of amides is 2. The van der Waals surface area contributed by atoms with Crippen molar-refractivity contribution in [3.8, 4) is 0 Å². The average Bonchev–Trinajstić information content (AvgIpc) is 3.18. The summed E-state index contributed by atoms with van der Waals surface area (Å²) < 4.78 is 10.9. The summed E-state index contributed by atoms with van der Waals surface area (Å²) in [6.45, 7) is 3.98. The summed E-state index contributed by atoms with van der Waals surface area (Å²) in [6, 6.07) is 19.1. The van der Waals surface area contributed by atoms with Gasteiger partial charge in [0.15, 0.2) is 6.10 Å². The summed E-state index contributed by atoms with van der Waals surface area (Å²) in [4.78, 5) is 48.6. The number of cyclic esters (lactones) is 1. The van der Waals surface area contributed by atoms with Crippen LogP contribution in [0.5, 0.6) is 0 Å². The monoisotopic (exact) mass is 510 g/mol. The number of benzene rings is 2. The molecule has 0 saturated carbocycles. The largest absolute Gasteiger partial charge is 0.478 e. The first-order valence-corrected chi connectivity index (χ1v) is 11.9. The molecular weight excluding hydrogens is 480 g/mol. The van der Waals surface area contributed by atoms with Crippen LogP contribution in [0.1, 0.15) is 23.6 Å². The Labute approximate surface area is 214 Å². The van der Waals surface area contributed by atoms with Crippen LogP contribution in [0.4, 0.5) is 4.79 Å². The fourth-order valence-electron chi connectivity index (χ4n) is 4.10. The highest BCUT2D eigenvalue weighted by Crippen LogP contribution is 2.31. The van der Waals surface area contributed by atoms with Crippen LogP contribution in [0.2, 0.25) is 0 Å². The van der Waals surface area contributed by atoms with Gasteiger partial charge in [0.05, 0.1) is 19.3 Å². The quantitative estimate of drug-likeness (QED) is 0.489. The first-order chi connectivity index (χ1) is 17.8. The second-order valence-corrected chi connectivity index (χ2v) is 8.45. The Morgan fingerprint density at radius 1 is 0.919 bits per heavy atom. The third-order valence-electron chi connectivity index (χ3n) is 5.90. The van der Waals surface area contributed by atoms with Crippen molar-refractivity contribution in [2.75, 3.05) is 32.8 Å². The topological polar surface area (TPSA) is 134 Å². The van der Waals surface area contributed by atoms with Crippen LogP contribution in [0.25, 0.3) is 0 Å². The molecule has 0 bridgehead atoms. The summed E-state index contributed by atoms with van der Waals surface area (Å²) in [5, 5.41) is 15.6.